The summed E-state index contributed by atoms with van der Waals surface area (Å²) in [5, 5.41) is 9.15. The van der Waals surface area contributed by atoms with Gasteiger partial charge in [0.05, 0.1) is 0 Å². The highest BCUT2D eigenvalue weighted by atomic mass is 79.9. The highest BCUT2D eigenvalue weighted by Crippen LogP contribution is 2.27. The second-order valence-electron chi connectivity index (χ2n) is 3.45. The number of carboxylic acid groups (broad SMARTS) is 1. The van der Waals surface area contributed by atoms with Crippen molar-refractivity contribution in [3.8, 4) is 0 Å². The fraction of sp³-hybridized carbons (Fsp3) is 0.0833. The topological polar surface area (TPSA) is 50.4 Å². The number of halogens is 2. The number of hydrogen-bond donors (Lipinski definition) is 1. The van der Waals surface area contributed by atoms with Gasteiger partial charge in [0.25, 0.3) is 0 Å². The van der Waals surface area contributed by atoms with Gasteiger partial charge in [-0.05, 0) is 35.9 Å². The van der Waals surface area contributed by atoms with Crippen LogP contribution in [-0.4, -0.2) is 11.1 Å². The Hall–Kier alpha value is -1.27. The number of benzene rings is 1. The first-order chi connectivity index (χ1) is 8.56. The van der Waals surface area contributed by atoms with Crippen molar-refractivity contribution < 1.29 is 18.7 Å². The summed E-state index contributed by atoms with van der Waals surface area (Å²) in [6, 6.07) is 7.62. The molecular weight excluding hydrogens is 323 g/mol. The third-order valence-corrected chi connectivity index (χ3v) is 3.62. The van der Waals surface area contributed by atoms with Gasteiger partial charge in [-0.3, -0.25) is 0 Å². The predicted octanol–water partition coefficient (Wildman–Crippen LogP) is 4.17. The summed E-state index contributed by atoms with van der Waals surface area (Å²) >= 11 is 4.51. The van der Waals surface area contributed by atoms with E-state index in [1.165, 1.54) is 23.9 Å². The van der Waals surface area contributed by atoms with E-state index in [1.54, 1.807) is 18.2 Å². The van der Waals surface area contributed by atoms with Gasteiger partial charge in [-0.2, -0.15) is 0 Å². The Kier molecular flexibility index (Phi) is 4.08. The van der Waals surface area contributed by atoms with Crippen LogP contribution in [0.5, 0.6) is 0 Å². The standard InChI is InChI=1S/C12H8BrFO3S/c13-8-1-2-9(14)7(5-8)6-18-11-4-3-10(17-11)12(15)16/h1-5H,6H2,(H,15,16). The van der Waals surface area contributed by atoms with Crippen LogP contribution < -0.4 is 0 Å². The molecule has 0 aliphatic carbocycles. The molecule has 0 fully saturated rings. The lowest BCUT2D eigenvalue weighted by Gasteiger charge is -2.02. The van der Waals surface area contributed by atoms with Crippen LogP contribution >= 0.6 is 27.7 Å². The van der Waals surface area contributed by atoms with E-state index < -0.39 is 5.97 Å². The summed E-state index contributed by atoms with van der Waals surface area (Å²) in [4.78, 5) is 10.6. The van der Waals surface area contributed by atoms with Crippen molar-refractivity contribution in [2.45, 2.75) is 10.8 Å². The molecule has 1 aromatic carbocycles. The van der Waals surface area contributed by atoms with E-state index in [1.807, 2.05) is 0 Å². The van der Waals surface area contributed by atoms with Crippen LogP contribution in [0.4, 0.5) is 4.39 Å². The SMILES string of the molecule is O=C(O)c1ccc(SCc2cc(Br)ccc2F)o1. The first-order valence-electron chi connectivity index (χ1n) is 4.96. The lowest BCUT2D eigenvalue weighted by atomic mass is 10.2. The zero-order chi connectivity index (χ0) is 13.1. The largest absolute Gasteiger partial charge is 0.475 e. The predicted molar refractivity (Wildman–Crippen MR) is 69.3 cm³/mol. The summed E-state index contributed by atoms with van der Waals surface area (Å²) in [6.07, 6.45) is 0. The smallest absolute Gasteiger partial charge is 0.371 e. The summed E-state index contributed by atoms with van der Waals surface area (Å²) in [6.45, 7) is 0. The van der Waals surface area contributed by atoms with Crippen LogP contribution in [-0.2, 0) is 5.75 Å². The van der Waals surface area contributed by atoms with Crippen molar-refractivity contribution in [1.82, 2.24) is 0 Å². The highest BCUT2D eigenvalue weighted by molar-refractivity contribution is 9.10. The first kappa shape index (κ1) is 13.2. The minimum absolute atomic E-state index is 0.118. The molecule has 0 aliphatic heterocycles. The maximum Gasteiger partial charge on any atom is 0.371 e. The van der Waals surface area contributed by atoms with Gasteiger partial charge in [0.15, 0.2) is 5.09 Å². The van der Waals surface area contributed by atoms with Gasteiger partial charge in [0.1, 0.15) is 5.82 Å². The molecule has 0 aliphatic rings. The van der Waals surface area contributed by atoms with Gasteiger partial charge in [0.2, 0.25) is 5.76 Å². The average Bonchev–Trinajstić information content (AvgIpc) is 2.79. The molecule has 0 saturated carbocycles. The van der Waals surface area contributed by atoms with Crippen molar-refractivity contribution in [2.75, 3.05) is 0 Å². The Bertz CT molecular complexity index is 582. The van der Waals surface area contributed by atoms with E-state index in [0.29, 0.717) is 16.4 Å². The molecule has 0 radical (unpaired) electrons. The minimum atomic E-state index is -1.12. The van der Waals surface area contributed by atoms with E-state index in [4.69, 9.17) is 9.52 Å². The molecule has 0 unspecified atom stereocenters. The Labute approximate surface area is 115 Å². The summed E-state index contributed by atoms with van der Waals surface area (Å²) < 4.78 is 19.3. The fourth-order valence-electron chi connectivity index (χ4n) is 1.32. The second kappa shape index (κ2) is 5.58. The van der Waals surface area contributed by atoms with Crippen molar-refractivity contribution in [3.63, 3.8) is 0 Å². The maximum absolute atomic E-state index is 13.4. The van der Waals surface area contributed by atoms with Gasteiger partial charge in [-0.15, -0.1) is 0 Å². The number of carboxylic acids is 1. The van der Waals surface area contributed by atoms with Crippen LogP contribution in [0.25, 0.3) is 0 Å². The lowest BCUT2D eigenvalue weighted by Crippen LogP contribution is -1.91. The second-order valence-corrected chi connectivity index (χ2v) is 5.34. The van der Waals surface area contributed by atoms with E-state index in [9.17, 15) is 9.18 Å². The first-order valence-corrected chi connectivity index (χ1v) is 6.74. The van der Waals surface area contributed by atoms with Gasteiger partial charge in [0, 0.05) is 10.2 Å². The van der Waals surface area contributed by atoms with Gasteiger partial charge >= 0.3 is 5.97 Å². The molecule has 18 heavy (non-hydrogen) atoms. The monoisotopic (exact) mass is 330 g/mol. The summed E-state index contributed by atoms with van der Waals surface area (Å²) in [7, 11) is 0. The molecule has 94 valence electrons. The summed E-state index contributed by atoms with van der Waals surface area (Å²) in [5.74, 6) is -1.16. The number of furan rings is 1. The van der Waals surface area contributed by atoms with Crippen LogP contribution in [0, 0.1) is 5.82 Å². The molecule has 0 atom stereocenters. The molecule has 1 heterocycles. The number of hydrogen-bond acceptors (Lipinski definition) is 3. The molecule has 2 rings (SSSR count). The van der Waals surface area contributed by atoms with Crippen molar-refractivity contribution in [3.05, 3.63) is 51.9 Å². The van der Waals surface area contributed by atoms with E-state index in [-0.39, 0.29) is 11.6 Å². The van der Waals surface area contributed by atoms with Gasteiger partial charge in [-0.1, -0.05) is 27.7 Å². The molecule has 2 aromatic rings. The lowest BCUT2D eigenvalue weighted by molar-refractivity contribution is 0.0656. The minimum Gasteiger partial charge on any atom is -0.475 e. The van der Waals surface area contributed by atoms with E-state index in [0.717, 1.165) is 4.47 Å². The molecule has 1 aromatic heterocycles. The molecule has 0 amide bonds. The Morgan fingerprint density at radius 3 is 2.83 bits per heavy atom. The third-order valence-electron chi connectivity index (χ3n) is 2.17. The Balaban J connectivity index is 2.06. The number of carbonyl (C=O) groups is 1. The zero-order valence-corrected chi connectivity index (χ0v) is 11.4. The normalized spacial score (nSPS) is 10.6. The van der Waals surface area contributed by atoms with Gasteiger partial charge in [-0.25, -0.2) is 9.18 Å². The van der Waals surface area contributed by atoms with Crippen LogP contribution in [0.15, 0.2) is 44.3 Å². The van der Waals surface area contributed by atoms with Gasteiger partial charge < -0.3 is 9.52 Å². The molecule has 0 spiro atoms. The van der Waals surface area contributed by atoms with Crippen LogP contribution in [0.2, 0.25) is 0 Å². The van der Waals surface area contributed by atoms with Crippen LogP contribution in [0.3, 0.4) is 0 Å². The maximum atomic E-state index is 13.4. The molecule has 6 heteroatoms. The molecule has 0 bridgehead atoms. The molecular formula is C12H8BrFO3S. The van der Waals surface area contributed by atoms with Crippen molar-refractivity contribution >= 4 is 33.7 Å². The molecule has 3 nitrogen and oxygen atoms in total. The highest BCUT2D eigenvalue weighted by Gasteiger charge is 2.10. The van der Waals surface area contributed by atoms with Crippen molar-refractivity contribution in [2.24, 2.45) is 0 Å². The number of rotatable bonds is 4. The van der Waals surface area contributed by atoms with E-state index in [2.05, 4.69) is 15.9 Å². The van der Waals surface area contributed by atoms with Crippen LogP contribution in [0.1, 0.15) is 16.1 Å². The van der Waals surface area contributed by atoms with E-state index >= 15 is 0 Å². The Morgan fingerprint density at radius 2 is 2.17 bits per heavy atom. The quantitative estimate of drug-likeness (QED) is 0.854. The number of aromatic carboxylic acids is 1. The zero-order valence-electron chi connectivity index (χ0n) is 9.02. The Morgan fingerprint density at radius 1 is 1.39 bits per heavy atom. The fourth-order valence-corrected chi connectivity index (χ4v) is 2.56. The summed E-state index contributed by atoms with van der Waals surface area (Å²) in [5.41, 5.74) is 0.530. The average molecular weight is 331 g/mol. The molecule has 1 N–H and O–H groups in total. The van der Waals surface area contributed by atoms with Crippen molar-refractivity contribution in [1.29, 1.82) is 0 Å². The third kappa shape index (κ3) is 3.14. The number of thioether (sulfide) groups is 1. The molecule has 0 saturated heterocycles.